The molecule has 0 aromatic heterocycles. The van der Waals surface area contributed by atoms with Crippen molar-refractivity contribution in [3.8, 4) is 0 Å². The van der Waals surface area contributed by atoms with E-state index in [0.717, 1.165) is 0 Å². The SMILES string of the molecule is CC(C)(C[Si](C)(C)C[Si](C)(C)C)O[Si](C)(C)C. The molecule has 0 rings (SSSR count). The third kappa shape index (κ3) is 10.2. The van der Waals surface area contributed by atoms with Gasteiger partial charge in [-0.05, 0) is 39.5 Å². The van der Waals surface area contributed by atoms with Gasteiger partial charge < -0.3 is 4.43 Å². The summed E-state index contributed by atoms with van der Waals surface area (Å²) in [4.78, 5) is 0. The van der Waals surface area contributed by atoms with E-state index in [1.807, 2.05) is 0 Å². The summed E-state index contributed by atoms with van der Waals surface area (Å²) in [5.41, 5.74) is 1.60. The van der Waals surface area contributed by atoms with Crippen molar-refractivity contribution in [2.45, 2.75) is 83.5 Å². The lowest BCUT2D eigenvalue weighted by molar-refractivity contribution is 0.121. The van der Waals surface area contributed by atoms with Crippen molar-refractivity contribution in [1.82, 2.24) is 0 Å². The first-order valence-corrected chi connectivity index (χ1v) is 17.4. The lowest BCUT2D eigenvalue weighted by Crippen LogP contribution is -2.46. The molecule has 4 heteroatoms. The highest BCUT2D eigenvalue weighted by Gasteiger charge is 2.36. The summed E-state index contributed by atoms with van der Waals surface area (Å²) in [6.07, 6.45) is 0. The maximum atomic E-state index is 6.36. The van der Waals surface area contributed by atoms with Crippen LogP contribution in [0.15, 0.2) is 0 Å². The summed E-state index contributed by atoms with van der Waals surface area (Å²) in [6.45, 7) is 24.0. The zero-order valence-corrected chi connectivity index (χ0v) is 16.8. The molecule has 104 valence electrons. The van der Waals surface area contributed by atoms with E-state index in [9.17, 15) is 0 Å². The molecule has 0 aliphatic rings. The minimum absolute atomic E-state index is 0.0832. The fraction of sp³-hybridized carbons (Fsp3) is 1.00. The predicted octanol–water partition coefficient (Wildman–Crippen LogP) is 5.20. The van der Waals surface area contributed by atoms with Gasteiger partial charge in [-0.25, -0.2) is 0 Å². The second kappa shape index (κ2) is 5.31. The Kier molecular flexibility index (Phi) is 5.50. The molecule has 0 spiro atoms. The molecule has 17 heavy (non-hydrogen) atoms. The summed E-state index contributed by atoms with van der Waals surface area (Å²) < 4.78 is 6.36. The molecule has 0 N–H and O–H groups in total. The molecule has 0 aromatic carbocycles. The Hall–Kier alpha value is 0.611. The number of rotatable bonds is 6. The van der Waals surface area contributed by atoms with E-state index in [-0.39, 0.29) is 5.60 Å². The van der Waals surface area contributed by atoms with E-state index >= 15 is 0 Å². The van der Waals surface area contributed by atoms with Gasteiger partial charge in [0.2, 0.25) is 0 Å². The lowest BCUT2D eigenvalue weighted by Gasteiger charge is -2.40. The van der Waals surface area contributed by atoms with Crippen molar-refractivity contribution in [2.24, 2.45) is 0 Å². The molecule has 0 amide bonds. The highest BCUT2D eigenvalue weighted by atomic mass is 28.4. The molecule has 0 aromatic rings. The topological polar surface area (TPSA) is 9.23 Å². The van der Waals surface area contributed by atoms with Gasteiger partial charge in [-0.2, -0.15) is 0 Å². The Labute approximate surface area is 112 Å². The largest absolute Gasteiger partial charge is 0.413 e. The minimum Gasteiger partial charge on any atom is -0.413 e. The molecule has 0 saturated carbocycles. The Morgan fingerprint density at radius 2 is 1.24 bits per heavy atom. The number of hydrogen-bond donors (Lipinski definition) is 0. The average Bonchev–Trinajstić information content (AvgIpc) is 1.65. The van der Waals surface area contributed by atoms with Crippen molar-refractivity contribution >= 4 is 24.5 Å². The monoisotopic (exact) mass is 290 g/mol. The van der Waals surface area contributed by atoms with Crippen LogP contribution in [0.2, 0.25) is 64.1 Å². The first-order valence-electron chi connectivity index (χ1n) is 6.82. The fourth-order valence-corrected chi connectivity index (χ4v) is 19.8. The maximum Gasteiger partial charge on any atom is 0.184 e. The fourth-order valence-electron chi connectivity index (χ4n) is 3.52. The first kappa shape index (κ1) is 17.6. The van der Waals surface area contributed by atoms with Crippen LogP contribution >= 0.6 is 0 Å². The zero-order valence-electron chi connectivity index (χ0n) is 13.8. The van der Waals surface area contributed by atoms with Crippen LogP contribution in [0.25, 0.3) is 0 Å². The van der Waals surface area contributed by atoms with Crippen LogP contribution in [0, 0.1) is 0 Å². The molecule has 0 aliphatic carbocycles. The van der Waals surface area contributed by atoms with Gasteiger partial charge in [0.15, 0.2) is 8.32 Å². The van der Waals surface area contributed by atoms with Crippen LogP contribution in [-0.2, 0) is 4.43 Å². The zero-order chi connectivity index (χ0) is 14.1. The van der Waals surface area contributed by atoms with Gasteiger partial charge >= 0.3 is 0 Å². The van der Waals surface area contributed by atoms with Gasteiger partial charge in [-0.15, -0.1) is 0 Å². The second-order valence-corrected chi connectivity index (χ2v) is 24.7. The van der Waals surface area contributed by atoms with Gasteiger partial charge in [-0.1, -0.05) is 38.4 Å². The first-order chi connectivity index (χ1) is 7.12. The Bertz CT molecular complexity index is 220. The van der Waals surface area contributed by atoms with Crippen molar-refractivity contribution in [1.29, 1.82) is 0 Å². The predicted molar refractivity (Wildman–Crippen MR) is 89.0 cm³/mol. The maximum absolute atomic E-state index is 6.36. The molecular weight excluding hydrogens is 256 g/mol. The van der Waals surface area contributed by atoms with Crippen molar-refractivity contribution in [3.05, 3.63) is 0 Å². The van der Waals surface area contributed by atoms with Crippen LogP contribution < -0.4 is 0 Å². The van der Waals surface area contributed by atoms with Gasteiger partial charge in [-0.3, -0.25) is 0 Å². The summed E-state index contributed by atoms with van der Waals surface area (Å²) in [5, 5.41) is 0. The third-order valence-electron chi connectivity index (χ3n) is 2.50. The summed E-state index contributed by atoms with van der Waals surface area (Å²) >= 11 is 0. The average molecular weight is 291 g/mol. The third-order valence-corrected chi connectivity index (χ3v) is 13.5. The second-order valence-electron chi connectivity index (χ2n) is 9.05. The van der Waals surface area contributed by atoms with E-state index in [4.69, 9.17) is 4.43 Å². The van der Waals surface area contributed by atoms with Gasteiger partial charge in [0, 0.05) is 21.7 Å². The molecular formula is C13H34OSi3. The molecule has 0 saturated heterocycles. The summed E-state index contributed by atoms with van der Waals surface area (Å²) in [7, 11) is -3.47. The normalized spacial score (nSPS) is 15.2. The smallest absolute Gasteiger partial charge is 0.184 e. The molecule has 0 aliphatic heterocycles. The molecule has 0 bridgehead atoms. The standard InChI is InChI=1S/C13H34OSi3/c1-13(2,14-16(6,7)8)11-17(9,10)12-15(3,4)5/h11-12H2,1-10H3. The van der Waals surface area contributed by atoms with Crippen LogP contribution in [-0.4, -0.2) is 30.1 Å². The van der Waals surface area contributed by atoms with E-state index in [1.165, 1.54) is 11.7 Å². The van der Waals surface area contributed by atoms with Crippen LogP contribution in [0.4, 0.5) is 0 Å². The van der Waals surface area contributed by atoms with Crippen molar-refractivity contribution < 1.29 is 4.43 Å². The Morgan fingerprint density at radius 1 is 0.824 bits per heavy atom. The van der Waals surface area contributed by atoms with Crippen molar-refractivity contribution in [3.63, 3.8) is 0 Å². The molecule has 0 fully saturated rings. The van der Waals surface area contributed by atoms with E-state index in [2.05, 4.69) is 66.2 Å². The highest BCUT2D eigenvalue weighted by molar-refractivity contribution is 6.94. The van der Waals surface area contributed by atoms with Gasteiger partial charge in [0.25, 0.3) is 0 Å². The molecule has 0 radical (unpaired) electrons. The Balaban J connectivity index is 4.59. The van der Waals surface area contributed by atoms with E-state index in [0.29, 0.717) is 0 Å². The van der Waals surface area contributed by atoms with Crippen LogP contribution in [0.1, 0.15) is 13.8 Å². The van der Waals surface area contributed by atoms with Crippen LogP contribution in [0.3, 0.4) is 0 Å². The Morgan fingerprint density at radius 3 is 1.53 bits per heavy atom. The van der Waals surface area contributed by atoms with E-state index < -0.39 is 24.5 Å². The summed E-state index contributed by atoms with van der Waals surface area (Å²) in [6, 6.07) is 1.30. The minimum atomic E-state index is -1.42. The highest BCUT2D eigenvalue weighted by Crippen LogP contribution is 2.32. The number of hydrogen-bond acceptors (Lipinski definition) is 1. The van der Waals surface area contributed by atoms with Crippen molar-refractivity contribution in [2.75, 3.05) is 0 Å². The van der Waals surface area contributed by atoms with Gasteiger partial charge in [0.1, 0.15) is 0 Å². The molecule has 0 unspecified atom stereocenters. The molecule has 0 heterocycles. The van der Waals surface area contributed by atoms with Gasteiger partial charge in [0.05, 0.1) is 0 Å². The molecule has 1 nitrogen and oxygen atoms in total. The summed E-state index contributed by atoms with van der Waals surface area (Å²) in [5.74, 6) is 0. The quantitative estimate of drug-likeness (QED) is 0.611. The van der Waals surface area contributed by atoms with E-state index in [1.54, 1.807) is 0 Å². The molecule has 0 atom stereocenters. The lowest BCUT2D eigenvalue weighted by atomic mass is 10.2. The van der Waals surface area contributed by atoms with Crippen LogP contribution in [0.5, 0.6) is 0 Å².